The molecule has 0 spiro atoms. The van der Waals surface area contributed by atoms with E-state index in [9.17, 15) is 9.59 Å². The van der Waals surface area contributed by atoms with Gasteiger partial charge in [0, 0.05) is 24.9 Å². The van der Waals surface area contributed by atoms with Crippen molar-refractivity contribution in [2.24, 2.45) is 0 Å². The van der Waals surface area contributed by atoms with Crippen LogP contribution in [0.4, 0.5) is 17.1 Å². The number of para-hydroxylation sites is 2. The molecule has 0 aliphatic carbocycles. The van der Waals surface area contributed by atoms with Gasteiger partial charge in [0.2, 0.25) is 11.8 Å². The Labute approximate surface area is 164 Å². The fourth-order valence-electron chi connectivity index (χ4n) is 2.91. The van der Waals surface area contributed by atoms with Crippen molar-refractivity contribution in [3.05, 3.63) is 48.5 Å². The molecular formula is C21H25N3O4. The van der Waals surface area contributed by atoms with Crippen molar-refractivity contribution in [1.82, 2.24) is 0 Å². The van der Waals surface area contributed by atoms with E-state index < -0.39 is 0 Å². The van der Waals surface area contributed by atoms with Gasteiger partial charge in [0.1, 0.15) is 12.4 Å². The second-order valence-electron chi connectivity index (χ2n) is 6.60. The molecular weight excluding hydrogens is 358 g/mol. The van der Waals surface area contributed by atoms with Gasteiger partial charge in [-0.1, -0.05) is 12.1 Å². The van der Waals surface area contributed by atoms with Crippen molar-refractivity contribution in [3.8, 4) is 5.75 Å². The normalized spacial score (nSPS) is 15.7. The monoisotopic (exact) mass is 383 g/mol. The number of carbonyl (C=O) groups excluding carboxylic acids is 2. The Morgan fingerprint density at radius 1 is 1.07 bits per heavy atom. The van der Waals surface area contributed by atoms with Gasteiger partial charge in [-0.25, -0.2) is 0 Å². The van der Waals surface area contributed by atoms with Crippen molar-refractivity contribution in [3.63, 3.8) is 0 Å². The largest absolute Gasteiger partial charge is 0.489 e. The molecule has 1 aliphatic heterocycles. The van der Waals surface area contributed by atoms with Crippen LogP contribution in [0.5, 0.6) is 5.75 Å². The zero-order chi connectivity index (χ0) is 19.8. The van der Waals surface area contributed by atoms with Crippen molar-refractivity contribution < 1.29 is 19.1 Å². The molecule has 28 heavy (non-hydrogen) atoms. The number of carbonyl (C=O) groups is 2. The molecule has 1 unspecified atom stereocenters. The smallest absolute Gasteiger partial charge is 0.243 e. The molecule has 1 fully saturated rings. The van der Waals surface area contributed by atoms with Crippen LogP contribution < -0.4 is 20.7 Å². The van der Waals surface area contributed by atoms with Crippen LogP contribution in [-0.4, -0.2) is 37.7 Å². The highest BCUT2D eigenvalue weighted by Crippen LogP contribution is 2.25. The molecule has 7 heteroatoms. The summed E-state index contributed by atoms with van der Waals surface area (Å²) in [6, 6.07) is 14.5. The van der Waals surface area contributed by atoms with Crippen molar-refractivity contribution >= 4 is 28.9 Å². The number of anilines is 3. The first kappa shape index (κ1) is 19.7. The van der Waals surface area contributed by atoms with Crippen molar-refractivity contribution in [2.75, 3.05) is 35.7 Å². The van der Waals surface area contributed by atoms with Gasteiger partial charge in [0.25, 0.3) is 0 Å². The lowest BCUT2D eigenvalue weighted by Crippen LogP contribution is -2.22. The molecule has 1 aliphatic rings. The molecule has 1 heterocycles. The lowest BCUT2D eigenvalue weighted by molar-refractivity contribution is -0.115. The number of hydrogen-bond donors (Lipinski definition) is 3. The van der Waals surface area contributed by atoms with E-state index in [1.807, 2.05) is 24.3 Å². The van der Waals surface area contributed by atoms with E-state index in [1.165, 1.54) is 6.92 Å². The first-order chi connectivity index (χ1) is 13.6. The molecule has 3 rings (SSSR count). The Morgan fingerprint density at radius 3 is 2.54 bits per heavy atom. The van der Waals surface area contributed by atoms with Crippen LogP contribution in [0.2, 0.25) is 0 Å². The summed E-state index contributed by atoms with van der Waals surface area (Å²) in [5, 5.41) is 8.62. The van der Waals surface area contributed by atoms with Gasteiger partial charge in [0.15, 0.2) is 0 Å². The third-order valence-electron chi connectivity index (χ3n) is 4.27. The molecule has 7 nitrogen and oxygen atoms in total. The standard InChI is InChI=1S/C21H25N3O4/c1-15(25)23-17-10-8-16(9-11-17)22-13-21(26)24-19-6-2-3-7-20(19)28-14-18-5-4-12-27-18/h2-3,6-11,18,22H,4-5,12-14H2,1H3,(H,23,25)(H,24,26). The van der Waals surface area contributed by atoms with Gasteiger partial charge in [-0.15, -0.1) is 0 Å². The van der Waals surface area contributed by atoms with Crippen molar-refractivity contribution in [2.45, 2.75) is 25.9 Å². The molecule has 0 radical (unpaired) electrons. The predicted octanol–water partition coefficient (Wildman–Crippen LogP) is 3.25. The van der Waals surface area contributed by atoms with E-state index in [1.54, 1.807) is 24.3 Å². The molecule has 148 valence electrons. The third kappa shape index (κ3) is 5.99. The summed E-state index contributed by atoms with van der Waals surface area (Å²) in [6.45, 7) is 2.83. The van der Waals surface area contributed by atoms with Crippen LogP contribution >= 0.6 is 0 Å². The van der Waals surface area contributed by atoms with Crippen molar-refractivity contribution in [1.29, 1.82) is 0 Å². The Hall–Kier alpha value is -3.06. The van der Waals surface area contributed by atoms with Gasteiger partial charge in [-0.3, -0.25) is 9.59 Å². The Bertz CT molecular complexity index is 802. The minimum absolute atomic E-state index is 0.111. The number of nitrogens with one attached hydrogen (secondary N) is 3. The third-order valence-corrected chi connectivity index (χ3v) is 4.27. The number of benzene rings is 2. The number of rotatable bonds is 8. The van der Waals surface area contributed by atoms with Crippen LogP contribution in [0.25, 0.3) is 0 Å². The summed E-state index contributed by atoms with van der Waals surface area (Å²) in [5.74, 6) is 0.325. The average Bonchev–Trinajstić information content (AvgIpc) is 3.20. The molecule has 2 aromatic rings. The first-order valence-corrected chi connectivity index (χ1v) is 9.35. The van der Waals surface area contributed by atoms with Crippen LogP contribution in [-0.2, 0) is 14.3 Å². The number of hydrogen-bond acceptors (Lipinski definition) is 5. The topological polar surface area (TPSA) is 88.7 Å². The lowest BCUT2D eigenvalue weighted by Gasteiger charge is -2.15. The molecule has 1 atom stereocenters. The Balaban J connectivity index is 1.49. The molecule has 0 aromatic heterocycles. The molecule has 2 amide bonds. The summed E-state index contributed by atoms with van der Waals surface area (Å²) < 4.78 is 11.4. The quantitative estimate of drug-likeness (QED) is 0.651. The first-order valence-electron chi connectivity index (χ1n) is 9.35. The molecule has 1 saturated heterocycles. The average molecular weight is 383 g/mol. The van der Waals surface area contributed by atoms with Gasteiger partial charge < -0.3 is 25.4 Å². The van der Waals surface area contributed by atoms with Gasteiger partial charge in [0.05, 0.1) is 18.3 Å². The van der Waals surface area contributed by atoms with E-state index in [0.717, 1.165) is 25.1 Å². The summed E-state index contributed by atoms with van der Waals surface area (Å²) in [4.78, 5) is 23.3. The maximum atomic E-state index is 12.3. The van der Waals surface area contributed by atoms with E-state index in [0.29, 0.717) is 23.7 Å². The summed E-state index contributed by atoms with van der Waals surface area (Å²) >= 11 is 0. The second kappa shape index (κ2) is 9.75. The summed E-state index contributed by atoms with van der Waals surface area (Å²) in [6.07, 6.45) is 2.18. The summed E-state index contributed by atoms with van der Waals surface area (Å²) in [5.41, 5.74) is 2.13. The van der Waals surface area contributed by atoms with Gasteiger partial charge >= 0.3 is 0 Å². The van der Waals surface area contributed by atoms with E-state index in [2.05, 4.69) is 16.0 Å². The zero-order valence-corrected chi connectivity index (χ0v) is 15.9. The van der Waals surface area contributed by atoms with E-state index in [-0.39, 0.29) is 24.5 Å². The minimum atomic E-state index is -0.181. The SMILES string of the molecule is CC(=O)Nc1ccc(NCC(=O)Nc2ccccc2OCC2CCCO2)cc1. The van der Waals surface area contributed by atoms with E-state index >= 15 is 0 Å². The zero-order valence-electron chi connectivity index (χ0n) is 15.9. The Morgan fingerprint density at radius 2 is 1.82 bits per heavy atom. The van der Waals surface area contributed by atoms with Gasteiger partial charge in [-0.2, -0.15) is 0 Å². The highest BCUT2D eigenvalue weighted by atomic mass is 16.5. The maximum Gasteiger partial charge on any atom is 0.243 e. The highest BCUT2D eigenvalue weighted by Gasteiger charge is 2.17. The number of ether oxygens (including phenoxy) is 2. The fraction of sp³-hybridized carbons (Fsp3) is 0.333. The van der Waals surface area contributed by atoms with Crippen LogP contribution in [0.15, 0.2) is 48.5 Å². The van der Waals surface area contributed by atoms with E-state index in [4.69, 9.17) is 9.47 Å². The summed E-state index contributed by atoms with van der Waals surface area (Å²) in [7, 11) is 0. The van der Waals surface area contributed by atoms with Crippen LogP contribution in [0, 0.1) is 0 Å². The van der Waals surface area contributed by atoms with Gasteiger partial charge in [-0.05, 0) is 49.2 Å². The molecule has 3 N–H and O–H groups in total. The molecule has 2 aromatic carbocycles. The fourth-order valence-corrected chi connectivity index (χ4v) is 2.91. The van der Waals surface area contributed by atoms with Crippen LogP contribution in [0.1, 0.15) is 19.8 Å². The Kier molecular flexibility index (Phi) is 6.86. The minimum Gasteiger partial charge on any atom is -0.489 e. The highest BCUT2D eigenvalue weighted by molar-refractivity contribution is 5.95. The molecule has 0 bridgehead atoms. The predicted molar refractivity (Wildman–Crippen MR) is 109 cm³/mol. The van der Waals surface area contributed by atoms with Crippen LogP contribution in [0.3, 0.4) is 0 Å². The number of amides is 2. The lowest BCUT2D eigenvalue weighted by atomic mass is 10.2. The molecule has 0 saturated carbocycles. The second-order valence-corrected chi connectivity index (χ2v) is 6.60. The maximum absolute atomic E-state index is 12.3.